The summed E-state index contributed by atoms with van der Waals surface area (Å²) in [5.41, 5.74) is 5.72. The molecule has 1 aliphatic rings. The third-order valence-corrected chi connectivity index (χ3v) is 4.13. The van der Waals surface area contributed by atoms with Gasteiger partial charge in [-0.25, -0.2) is 4.98 Å². The van der Waals surface area contributed by atoms with Crippen molar-refractivity contribution in [2.75, 3.05) is 19.7 Å². The van der Waals surface area contributed by atoms with Gasteiger partial charge in [-0.05, 0) is 12.8 Å². The minimum atomic E-state index is -0.181. The molecule has 1 heterocycles. The van der Waals surface area contributed by atoms with Crippen molar-refractivity contribution in [3.8, 4) is 0 Å². The maximum absolute atomic E-state index is 12.1. The van der Waals surface area contributed by atoms with Crippen LogP contribution in [0.15, 0.2) is 12.5 Å². The molecular formula is C14H24N4O2. The highest BCUT2D eigenvalue weighted by atomic mass is 16.3. The van der Waals surface area contributed by atoms with Crippen molar-refractivity contribution in [1.29, 1.82) is 0 Å². The predicted octanol–water partition coefficient (Wildman–Crippen LogP) is 0.514. The molecule has 0 unspecified atom stereocenters. The van der Waals surface area contributed by atoms with Gasteiger partial charge in [-0.3, -0.25) is 4.79 Å². The molecule has 0 spiro atoms. The third-order valence-electron chi connectivity index (χ3n) is 4.13. The normalized spacial score (nSPS) is 17.9. The molecule has 0 saturated heterocycles. The summed E-state index contributed by atoms with van der Waals surface area (Å²) in [6.07, 6.45) is 8.75. The SMILES string of the molecule is NCCn1cnc(C(=O)NCC2(CO)CCCCC2)c1. The van der Waals surface area contributed by atoms with E-state index in [1.807, 2.05) is 0 Å². The first-order valence-electron chi connectivity index (χ1n) is 7.30. The number of nitrogens with zero attached hydrogens (tertiary/aromatic N) is 2. The van der Waals surface area contributed by atoms with Gasteiger partial charge >= 0.3 is 0 Å². The van der Waals surface area contributed by atoms with Gasteiger partial charge in [0, 0.05) is 31.2 Å². The van der Waals surface area contributed by atoms with Crippen molar-refractivity contribution in [1.82, 2.24) is 14.9 Å². The topological polar surface area (TPSA) is 93.2 Å². The van der Waals surface area contributed by atoms with Gasteiger partial charge in [0.25, 0.3) is 5.91 Å². The molecule has 0 bridgehead atoms. The second kappa shape index (κ2) is 6.85. The molecule has 6 heteroatoms. The van der Waals surface area contributed by atoms with E-state index in [0.717, 1.165) is 25.7 Å². The van der Waals surface area contributed by atoms with Crippen LogP contribution in [0, 0.1) is 5.41 Å². The Hall–Kier alpha value is -1.40. The number of aromatic nitrogens is 2. The highest BCUT2D eigenvalue weighted by Gasteiger charge is 2.31. The van der Waals surface area contributed by atoms with Gasteiger partial charge in [-0.2, -0.15) is 0 Å². The molecule has 6 nitrogen and oxygen atoms in total. The maximum Gasteiger partial charge on any atom is 0.271 e. The number of nitrogens with one attached hydrogen (secondary N) is 1. The molecule has 1 aromatic rings. The number of rotatable bonds is 6. The molecule has 1 aliphatic carbocycles. The Morgan fingerprint density at radius 3 is 2.85 bits per heavy atom. The molecule has 0 aliphatic heterocycles. The fourth-order valence-electron chi connectivity index (χ4n) is 2.80. The Kier molecular flexibility index (Phi) is 5.14. The summed E-state index contributed by atoms with van der Waals surface area (Å²) in [6.45, 7) is 1.83. The number of nitrogens with two attached hydrogens (primary N) is 1. The lowest BCUT2D eigenvalue weighted by molar-refractivity contribution is 0.0715. The van der Waals surface area contributed by atoms with Crippen LogP contribution in [0.5, 0.6) is 0 Å². The van der Waals surface area contributed by atoms with Crippen LogP contribution in [0.3, 0.4) is 0 Å². The van der Waals surface area contributed by atoms with Gasteiger partial charge in [0.1, 0.15) is 5.69 Å². The van der Waals surface area contributed by atoms with Crippen molar-refractivity contribution in [2.24, 2.45) is 11.1 Å². The van der Waals surface area contributed by atoms with E-state index in [0.29, 0.717) is 25.3 Å². The standard InChI is InChI=1S/C14H24N4O2/c15-6-7-18-8-12(17-11-18)13(20)16-9-14(10-19)4-2-1-3-5-14/h8,11,19H,1-7,9-10,15H2,(H,16,20). The van der Waals surface area contributed by atoms with Gasteiger partial charge in [0.2, 0.25) is 0 Å². The molecule has 20 heavy (non-hydrogen) atoms. The highest BCUT2D eigenvalue weighted by molar-refractivity contribution is 5.92. The number of hydrogen-bond donors (Lipinski definition) is 3. The summed E-state index contributed by atoms with van der Waals surface area (Å²) in [7, 11) is 0. The zero-order valence-electron chi connectivity index (χ0n) is 11.8. The monoisotopic (exact) mass is 280 g/mol. The van der Waals surface area contributed by atoms with Gasteiger partial charge < -0.3 is 20.7 Å². The third kappa shape index (κ3) is 3.58. The molecule has 112 valence electrons. The first kappa shape index (κ1) is 15.0. The van der Waals surface area contributed by atoms with Crippen molar-refractivity contribution < 1.29 is 9.90 Å². The molecule has 1 fully saturated rings. The Morgan fingerprint density at radius 1 is 1.45 bits per heavy atom. The van der Waals surface area contributed by atoms with Crippen LogP contribution in [0.2, 0.25) is 0 Å². The van der Waals surface area contributed by atoms with Crippen LogP contribution in [0.25, 0.3) is 0 Å². The van der Waals surface area contributed by atoms with E-state index in [-0.39, 0.29) is 17.9 Å². The van der Waals surface area contributed by atoms with Crippen molar-refractivity contribution in [3.63, 3.8) is 0 Å². The average molecular weight is 280 g/mol. The number of aliphatic hydroxyl groups is 1. The molecule has 1 saturated carbocycles. The highest BCUT2D eigenvalue weighted by Crippen LogP contribution is 2.35. The number of hydrogen-bond acceptors (Lipinski definition) is 4. The number of amides is 1. The zero-order valence-corrected chi connectivity index (χ0v) is 11.8. The summed E-state index contributed by atoms with van der Waals surface area (Å²) < 4.78 is 1.80. The lowest BCUT2D eigenvalue weighted by Crippen LogP contribution is -2.41. The van der Waals surface area contributed by atoms with Crippen LogP contribution < -0.4 is 11.1 Å². The fraction of sp³-hybridized carbons (Fsp3) is 0.714. The Labute approximate surface area is 119 Å². The maximum atomic E-state index is 12.1. The largest absolute Gasteiger partial charge is 0.396 e. The van der Waals surface area contributed by atoms with Crippen molar-refractivity contribution in [3.05, 3.63) is 18.2 Å². The average Bonchev–Trinajstić information content (AvgIpc) is 2.95. The summed E-state index contributed by atoms with van der Waals surface area (Å²) in [5, 5.41) is 12.5. The van der Waals surface area contributed by atoms with E-state index in [1.54, 1.807) is 17.1 Å². The van der Waals surface area contributed by atoms with E-state index in [2.05, 4.69) is 10.3 Å². The van der Waals surface area contributed by atoms with E-state index >= 15 is 0 Å². The summed E-state index contributed by atoms with van der Waals surface area (Å²) in [4.78, 5) is 16.1. The zero-order chi connectivity index (χ0) is 14.4. The molecule has 0 aromatic carbocycles. The number of carbonyl (C=O) groups excluding carboxylic acids is 1. The first-order chi connectivity index (χ1) is 9.69. The van der Waals surface area contributed by atoms with Gasteiger partial charge in [0.05, 0.1) is 12.9 Å². The second-order valence-corrected chi connectivity index (χ2v) is 5.69. The van der Waals surface area contributed by atoms with E-state index < -0.39 is 0 Å². The molecular weight excluding hydrogens is 256 g/mol. The predicted molar refractivity (Wildman–Crippen MR) is 76.2 cm³/mol. The lowest BCUT2D eigenvalue weighted by atomic mass is 9.74. The Morgan fingerprint density at radius 2 is 2.20 bits per heavy atom. The molecule has 4 N–H and O–H groups in total. The quantitative estimate of drug-likeness (QED) is 0.708. The number of carbonyl (C=O) groups is 1. The molecule has 2 rings (SSSR count). The number of aliphatic hydroxyl groups excluding tert-OH is 1. The van der Waals surface area contributed by atoms with Crippen LogP contribution >= 0.6 is 0 Å². The minimum absolute atomic E-state index is 0.134. The van der Waals surface area contributed by atoms with E-state index in [4.69, 9.17) is 5.73 Å². The van der Waals surface area contributed by atoms with Crippen LogP contribution in [-0.4, -0.2) is 40.3 Å². The second-order valence-electron chi connectivity index (χ2n) is 5.69. The van der Waals surface area contributed by atoms with Crippen molar-refractivity contribution >= 4 is 5.91 Å². The number of imidazole rings is 1. The molecule has 0 radical (unpaired) electrons. The van der Waals surface area contributed by atoms with Gasteiger partial charge in [0.15, 0.2) is 0 Å². The summed E-state index contributed by atoms with van der Waals surface area (Å²) in [6, 6.07) is 0. The smallest absolute Gasteiger partial charge is 0.271 e. The Bertz CT molecular complexity index is 438. The van der Waals surface area contributed by atoms with Gasteiger partial charge in [-0.15, -0.1) is 0 Å². The molecule has 0 atom stereocenters. The fourth-order valence-corrected chi connectivity index (χ4v) is 2.80. The van der Waals surface area contributed by atoms with Crippen LogP contribution in [-0.2, 0) is 6.54 Å². The summed E-state index contributed by atoms with van der Waals surface area (Å²) >= 11 is 0. The van der Waals surface area contributed by atoms with Crippen LogP contribution in [0.4, 0.5) is 0 Å². The molecule has 1 amide bonds. The van der Waals surface area contributed by atoms with E-state index in [1.165, 1.54) is 6.42 Å². The lowest BCUT2D eigenvalue weighted by Gasteiger charge is -2.35. The first-order valence-corrected chi connectivity index (χ1v) is 7.30. The summed E-state index contributed by atoms with van der Waals surface area (Å²) in [5.74, 6) is -0.181. The molecule has 1 aromatic heterocycles. The van der Waals surface area contributed by atoms with Crippen LogP contribution in [0.1, 0.15) is 42.6 Å². The minimum Gasteiger partial charge on any atom is -0.396 e. The Balaban J connectivity index is 1.89. The van der Waals surface area contributed by atoms with Gasteiger partial charge in [-0.1, -0.05) is 19.3 Å². The van der Waals surface area contributed by atoms with E-state index in [9.17, 15) is 9.90 Å². The van der Waals surface area contributed by atoms with Crippen molar-refractivity contribution in [2.45, 2.75) is 38.6 Å².